The van der Waals surface area contributed by atoms with Gasteiger partial charge in [0.1, 0.15) is 6.10 Å². The van der Waals surface area contributed by atoms with E-state index in [0.29, 0.717) is 5.56 Å². The van der Waals surface area contributed by atoms with Gasteiger partial charge in [0.05, 0.1) is 0 Å². The third-order valence-corrected chi connectivity index (χ3v) is 7.22. The van der Waals surface area contributed by atoms with Crippen LogP contribution in [0.15, 0.2) is 85.0 Å². The molecule has 0 saturated carbocycles. The lowest BCUT2D eigenvalue weighted by atomic mass is 10.0. The summed E-state index contributed by atoms with van der Waals surface area (Å²) in [5.74, 6) is -0.509. The van der Waals surface area contributed by atoms with Gasteiger partial charge in [0.15, 0.2) is 11.6 Å². The Kier molecular flexibility index (Phi) is 9.91. The molecule has 2 aliphatic rings. The lowest BCUT2D eigenvalue weighted by molar-refractivity contribution is 0.0907. The van der Waals surface area contributed by atoms with E-state index in [9.17, 15) is 9.18 Å². The first kappa shape index (κ1) is 27.8. The molecule has 6 heteroatoms. The van der Waals surface area contributed by atoms with Gasteiger partial charge in [-0.3, -0.25) is 14.6 Å². The van der Waals surface area contributed by atoms with Crippen molar-refractivity contribution in [2.45, 2.75) is 51.3 Å². The van der Waals surface area contributed by atoms with Crippen molar-refractivity contribution in [2.75, 3.05) is 32.7 Å². The molecule has 1 amide bonds. The summed E-state index contributed by atoms with van der Waals surface area (Å²) in [6.07, 6.45) is 7.36. The highest BCUT2D eigenvalue weighted by Crippen LogP contribution is 2.24. The number of halogens is 1. The van der Waals surface area contributed by atoms with Gasteiger partial charge in [-0.2, -0.15) is 0 Å². The molecule has 4 rings (SSSR count). The molecule has 2 heterocycles. The van der Waals surface area contributed by atoms with E-state index in [1.165, 1.54) is 11.6 Å². The van der Waals surface area contributed by atoms with E-state index in [1.807, 2.05) is 25.1 Å². The molecule has 1 N–H and O–H groups in total. The maximum absolute atomic E-state index is 14.9. The van der Waals surface area contributed by atoms with Gasteiger partial charge in [0.25, 0.3) is 5.91 Å². The number of piperidine rings is 2. The lowest BCUT2D eigenvalue weighted by Crippen LogP contribution is -2.44. The van der Waals surface area contributed by atoms with Crippen molar-refractivity contribution in [3.63, 3.8) is 0 Å². The van der Waals surface area contributed by atoms with E-state index >= 15 is 0 Å². The SMILES string of the molecule is C=C(C)/C=C\C(=C)CN1CCC(Oc2ccc(C(=O)NC3CCN(Cc4ccccc4)CC3)cc2F)CC1. The normalized spacial score (nSPS) is 17.9. The van der Waals surface area contributed by atoms with Gasteiger partial charge < -0.3 is 10.1 Å². The Morgan fingerprint density at radius 2 is 1.68 bits per heavy atom. The van der Waals surface area contributed by atoms with E-state index in [2.05, 4.69) is 52.5 Å². The molecule has 2 aromatic carbocycles. The second kappa shape index (κ2) is 13.5. The van der Waals surface area contributed by atoms with Gasteiger partial charge in [0.2, 0.25) is 0 Å². The molecule has 2 saturated heterocycles. The molecule has 0 atom stereocenters. The molecule has 0 bridgehead atoms. The summed E-state index contributed by atoms with van der Waals surface area (Å²) in [4.78, 5) is 17.5. The number of nitrogens with zero attached hydrogens (tertiary/aromatic N) is 2. The van der Waals surface area contributed by atoms with Crippen molar-refractivity contribution >= 4 is 5.91 Å². The molecular weight excluding hydrogens is 477 g/mol. The van der Waals surface area contributed by atoms with Crippen LogP contribution >= 0.6 is 0 Å². The maximum atomic E-state index is 14.9. The number of carbonyl (C=O) groups is 1. The first-order chi connectivity index (χ1) is 18.4. The molecule has 0 radical (unpaired) electrons. The number of allylic oxidation sites excluding steroid dienone is 2. The molecule has 0 spiro atoms. The van der Waals surface area contributed by atoms with Crippen molar-refractivity contribution < 1.29 is 13.9 Å². The zero-order valence-electron chi connectivity index (χ0n) is 22.5. The van der Waals surface area contributed by atoms with E-state index in [0.717, 1.165) is 76.1 Å². The van der Waals surface area contributed by atoms with Crippen LogP contribution in [0.4, 0.5) is 4.39 Å². The Morgan fingerprint density at radius 1 is 1.00 bits per heavy atom. The quantitative estimate of drug-likeness (QED) is 0.408. The molecule has 0 aliphatic carbocycles. The highest BCUT2D eigenvalue weighted by atomic mass is 19.1. The Balaban J connectivity index is 1.20. The summed E-state index contributed by atoms with van der Waals surface area (Å²) in [6.45, 7) is 15.3. The van der Waals surface area contributed by atoms with Crippen LogP contribution in [0.2, 0.25) is 0 Å². The average Bonchev–Trinajstić information content (AvgIpc) is 2.91. The molecule has 0 aromatic heterocycles. The summed E-state index contributed by atoms with van der Waals surface area (Å²) >= 11 is 0. The predicted octanol–water partition coefficient (Wildman–Crippen LogP) is 5.75. The van der Waals surface area contributed by atoms with E-state index in [1.54, 1.807) is 12.1 Å². The minimum Gasteiger partial charge on any atom is -0.487 e. The van der Waals surface area contributed by atoms with Crippen LogP contribution in [0.25, 0.3) is 0 Å². The predicted molar refractivity (Wildman–Crippen MR) is 152 cm³/mol. The Morgan fingerprint density at radius 3 is 2.34 bits per heavy atom. The largest absolute Gasteiger partial charge is 0.487 e. The van der Waals surface area contributed by atoms with Crippen LogP contribution < -0.4 is 10.1 Å². The van der Waals surface area contributed by atoms with Crippen molar-refractivity contribution in [1.82, 2.24) is 15.1 Å². The van der Waals surface area contributed by atoms with Gasteiger partial charge in [-0.25, -0.2) is 4.39 Å². The highest BCUT2D eigenvalue weighted by molar-refractivity contribution is 5.94. The topological polar surface area (TPSA) is 44.8 Å². The summed E-state index contributed by atoms with van der Waals surface area (Å²) in [7, 11) is 0. The number of ether oxygens (including phenoxy) is 1. The Labute approximate surface area is 226 Å². The summed E-state index contributed by atoms with van der Waals surface area (Å²) < 4.78 is 20.8. The fraction of sp³-hybridized carbons (Fsp3) is 0.406. The number of hydrogen-bond acceptors (Lipinski definition) is 4. The second-order valence-electron chi connectivity index (χ2n) is 10.6. The molecule has 0 unspecified atom stereocenters. The number of amides is 1. The standard InChI is InChI=1S/C32H40FN3O2/c1-24(2)9-10-25(3)22-35-19-15-29(16-20-35)38-31-12-11-27(21-30(31)33)32(37)34-28-13-17-36(18-14-28)23-26-7-5-4-6-8-26/h4-12,21,28-29H,1,3,13-20,22-23H2,2H3,(H,34,37)/b10-9-. The molecule has 2 aliphatic heterocycles. The number of nitrogens with one attached hydrogen (secondary N) is 1. The average molecular weight is 518 g/mol. The van der Waals surface area contributed by atoms with Gasteiger partial charge in [0, 0.05) is 50.9 Å². The fourth-order valence-corrected chi connectivity index (χ4v) is 5.05. The van der Waals surface area contributed by atoms with Gasteiger partial charge >= 0.3 is 0 Å². The van der Waals surface area contributed by atoms with Gasteiger partial charge in [-0.15, -0.1) is 0 Å². The van der Waals surface area contributed by atoms with Crippen LogP contribution in [-0.2, 0) is 6.54 Å². The van der Waals surface area contributed by atoms with Crippen LogP contribution in [0, 0.1) is 5.82 Å². The number of benzene rings is 2. The second-order valence-corrected chi connectivity index (χ2v) is 10.6. The number of rotatable bonds is 10. The fourth-order valence-electron chi connectivity index (χ4n) is 5.05. The summed E-state index contributed by atoms with van der Waals surface area (Å²) in [5.41, 5.74) is 3.68. The van der Waals surface area contributed by atoms with E-state index < -0.39 is 5.82 Å². The minimum absolute atomic E-state index is 0.0410. The third-order valence-electron chi connectivity index (χ3n) is 7.22. The number of likely N-dealkylation sites (tertiary alicyclic amines) is 2. The van der Waals surface area contributed by atoms with Crippen LogP contribution in [0.3, 0.4) is 0 Å². The zero-order chi connectivity index (χ0) is 26.9. The lowest BCUT2D eigenvalue weighted by Gasteiger charge is -2.32. The molecule has 2 aromatic rings. The zero-order valence-corrected chi connectivity index (χ0v) is 22.5. The Bertz CT molecular complexity index is 1130. The van der Waals surface area contributed by atoms with Crippen LogP contribution in [-0.4, -0.2) is 60.6 Å². The van der Waals surface area contributed by atoms with Crippen LogP contribution in [0.5, 0.6) is 5.75 Å². The maximum Gasteiger partial charge on any atom is 0.251 e. The number of hydrogen-bond donors (Lipinski definition) is 1. The molecule has 38 heavy (non-hydrogen) atoms. The molecule has 5 nitrogen and oxygen atoms in total. The van der Waals surface area contributed by atoms with Crippen molar-refractivity contribution in [3.8, 4) is 5.75 Å². The third kappa shape index (κ3) is 8.40. The minimum atomic E-state index is -0.490. The Hall–Kier alpha value is -3.22. The smallest absolute Gasteiger partial charge is 0.251 e. The van der Waals surface area contributed by atoms with Crippen LogP contribution in [0.1, 0.15) is 48.5 Å². The van der Waals surface area contributed by atoms with Gasteiger partial charge in [-0.05, 0) is 61.9 Å². The molecule has 202 valence electrons. The van der Waals surface area contributed by atoms with Crippen molar-refractivity contribution in [3.05, 3.63) is 102 Å². The number of carbonyl (C=O) groups excluding carboxylic acids is 1. The van der Waals surface area contributed by atoms with E-state index in [-0.39, 0.29) is 23.8 Å². The summed E-state index contributed by atoms with van der Waals surface area (Å²) in [6, 6.07) is 15.1. The summed E-state index contributed by atoms with van der Waals surface area (Å²) in [5, 5.41) is 3.09. The molecular formula is C32H40FN3O2. The van der Waals surface area contributed by atoms with Crippen molar-refractivity contribution in [2.24, 2.45) is 0 Å². The van der Waals surface area contributed by atoms with Gasteiger partial charge in [-0.1, -0.05) is 61.2 Å². The van der Waals surface area contributed by atoms with E-state index in [4.69, 9.17) is 4.74 Å². The van der Waals surface area contributed by atoms with Crippen molar-refractivity contribution in [1.29, 1.82) is 0 Å². The monoisotopic (exact) mass is 517 g/mol. The molecule has 2 fully saturated rings. The highest BCUT2D eigenvalue weighted by Gasteiger charge is 2.24. The first-order valence-electron chi connectivity index (χ1n) is 13.6. The first-order valence-corrected chi connectivity index (χ1v) is 13.6.